The van der Waals surface area contributed by atoms with E-state index in [4.69, 9.17) is 15.1 Å². The fourth-order valence-electron chi connectivity index (χ4n) is 2.09. The fraction of sp³-hybridized carbons (Fsp3) is 0.889. The Bertz CT molecular complexity index is 198. The SMILES string of the molecule is CCOC(=O)[C@H]1B(OCN)CC[C@@H]1C. The Balaban J connectivity index is 2.56. The minimum Gasteiger partial charge on any atom is -0.466 e. The number of carbonyl (C=O) groups excluding carboxylic acids is 1. The molecule has 0 bridgehead atoms. The van der Waals surface area contributed by atoms with Crippen LogP contribution in [0.15, 0.2) is 0 Å². The van der Waals surface area contributed by atoms with Crippen molar-refractivity contribution in [3.8, 4) is 0 Å². The second-order valence-electron chi connectivity index (χ2n) is 3.70. The van der Waals surface area contributed by atoms with E-state index in [2.05, 4.69) is 6.92 Å². The number of esters is 1. The largest absolute Gasteiger partial charge is 0.466 e. The van der Waals surface area contributed by atoms with Crippen LogP contribution in [0.25, 0.3) is 0 Å². The van der Waals surface area contributed by atoms with Crippen LogP contribution in [0.4, 0.5) is 0 Å². The summed E-state index contributed by atoms with van der Waals surface area (Å²) in [4.78, 5) is 11.6. The molecule has 0 spiro atoms. The molecule has 2 atom stereocenters. The summed E-state index contributed by atoms with van der Waals surface area (Å²) in [5, 5.41) is 0. The highest BCUT2D eigenvalue weighted by Crippen LogP contribution is 2.37. The average Bonchev–Trinajstić information content (AvgIpc) is 2.48. The number of hydrogen-bond donors (Lipinski definition) is 1. The van der Waals surface area contributed by atoms with Crippen molar-refractivity contribution in [1.82, 2.24) is 0 Å². The molecule has 0 aromatic heterocycles. The minimum absolute atomic E-state index is 0.0472. The maximum atomic E-state index is 11.6. The molecule has 1 rings (SSSR count). The van der Waals surface area contributed by atoms with E-state index in [0.29, 0.717) is 12.5 Å². The summed E-state index contributed by atoms with van der Waals surface area (Å²) in [7, 11) is 0. The summed E-state index contributed by atoms with van der Waals surface area (Å²) < 4.78 is 10.3. The molecule has 1 aliphatic rings. The van der Waals surface area contributed by atoms with Gasteiger partial charge in [0.25, 0.3) is 0 Å². The van der Waals surface area contributed by atoms with Crippen molar-refractivity contribution in [2.45, 2.75) is 32.4 Å². The molecule has 0 unspecified atom stereocenters. The summed E-state index contributed by atoms with van der Waals surface area (Å²) >= 11 is 0. The Hall–Kier alpha value is -0.545. The van der Waals surface area contributed by atoms with Crippen LogP contribution in [0.3, 0.4) is 0 Å². The maximum Gasteiger partial charge on any atom is 0.309 e. The first-order valence-electron chi connectivity index (χ1n) is 5.19. The summed E-state index contributed by atoms with van der Waals surface area (Å²) in [6, 6.07) is 0. The van der Waals surface area contributed by atoms with Crippen LogP contribution in [0.1, 0.15) is 20.3 Å². The van der Waals surface area contributed by atoms with Crippen LogP contribution >= 0.6 is 0 Å². The predicted molar refractivity (Wildman–Crippen MR) is 54.9 cm³/mol. The van der Waals surface area contributed by atoms with Gasteiger partial charge in [0.05, 0.1) is 19.2 Å². The Morgan fingerprint density at radius 3 is 2.93 bits per heavy atom. The Kier molecular flexibility index (Phi) is 4.42. The van der Waals surface area contributed by atoms with Crippen molar-refractivity contribution < 1.29 is 14.2 Å². The first-order valence-corrected chi connectivity index (χ1v) is 5.19. The number of ether oxygens (including phenoxy) is 1. The molecule has 2 N–H and O–H groups in total. The van der Waals surface area contributed by atoms with E-state index >= 15 is 0 Å². The molecule has 1 fully saturated rings. The van der Waals surface area contributed by atoms with Gasteiger partial charge in [-0.05, 0) is 19.2 Å². The van der Waals surface area contributed by atoms with Gasteiger partial charge < -0.3 is 15.1 Å². The minimum atomic E-state index is -0.143. The maximum absolute atomic E-state index is 11.6. The Morgan fingerprint density at radius 1 is 1.64 bits per heavy atom. The van der Waals surface area contributed by atoms with E-state index < -0.39 is 0 Å². The molecule has 0 amide bonds. The van der Waals surface area contributed by atoms with Gasteiger partial charge >= 0.3 is 12.9 Å². The molecule has 0 aromatic carbocycles. The van der Waals surface area contributed by atoms with Gasteiger partial charge in [-0.2, -0.15) is 0 Å². The van der Waals surface area contributed by atoms with Gasteiger partial charge in [-0.15, -0.1) is 0 Å². The molecular weight excluding hydrogens is 181 g/mol. The molecule has 1 heterocycles. The molecule has 0 aromatic rings. The van der Waals surface area contributed by atoms with E-state index in [-0.39, 0.29) is 25.4 Å². The number of carbonyl (C=O) groups is 1. The lowest BCUT2D eigenvalue weighted by molar-refractivity contribution is -0.144. The van der Waals surface area contributed by atoms with Crippen molar-refractivity contribution in [3.05, 3.63) is 0 Å². The third kappa shape index (κ3) is 2.48. The standard InChI is InChI=1S/C9H18BNO3/c1-3-13-9(12)8-7(2)4-5-10(8)14-6-11/h7-8H,3-6,11H2,1-2H3/t7-,8-/m0/s1. The van der Waals surface area contributed by atoms with Crippen LogP contribution in [-0.4, -0.2) is 26.2 Å². The van der Waals surface area contributed by atoms with Gasteiger partial charge in [-0.1, -0.05) is 13.3 Å². The topological polar surface area (TPSA) is 61.5 Å². The van der Waals surface area contributed by atoms with Gasteiger partial charge in [0, 0.05) is 0 Å². The molecule has 0 saturated carbocycles. The summed E-state index contributed by atoms with van der Waals surface area (Å²) in [6.07, 6.45) is 1.91. The van der Waals surface area contributed by atoms with Crippen LogP contribution in [-0.2, 0) is 14.2 Å². The molecule has 1 aliphatic heterocycles. The summed E-state index contributed by atoms with van der Waals surface area (Å²) in [6.45, 7) is 4.43. The van der Waals surface area contributed by atoms with Gasteiger partial charge in [0.15, 0.2) is 0 Å². The lowest BCUT2D eigenvalue weighted by Gasteiger charge is -2.18. The number of rotatable bonds is 4. The van der Waals surface area contributed by atoms with E-state index in [0.717, 1.165) is 12.7 Å². The van der Waals surface area contributed by atoms with E-state index in [1.165, 1.54) is 0 Å². The zero-order valence-corrected chi connectivity index (χ0v) is 8.86. The zero-order chi connectivity index (χ0) is 10.6. The van der Waals surface area contributed by atoms with E-state index in [9.17, 15) is 4.79 Å². The monoisotopic (exact) mass is 199 g/mol. The molecule has 0 radical (unpaired) electrons. The van der Waals surface area contributed by atoms with E-state index in [1.807, 2.05) is 6.92 Å². The molecule has 0 aliphatic carbocycles. The van der Waals surface area contributed by atoms with Gasteiger partial charge in [0.1, 0.15) is 0 Å². The first kappa shape index (κ1) is 11.5. The highest BCUT2D eigenvalue weighted by Gasteiger charge is 2.43. The van der Waals surface area contributed by atoms with Crippen LogP contribution in [0.5, 0.6) is 0 Å². The molecule has 14 heavy (non-hydrogen) atoms. The first-order chi connectivity index (χ1) is 6.70. The lowest BCUT2D eigenvalue weighted by atomic mass is 9.57. The fourth-order valence-corrected chi connectivity index (χ4v) is 2.09. The van der Waals surface area contributed by atoms with Crippen molar-refractivity contribution in [3.63, 3.8) is 0 Å². The molecule has 4 nitrogen and oxygen atoms in total. The summed E-state index contributed by atoms with van der Waals surface area (Å²) in [5.74, 6) is 0.0695. The van der Waals surface area contributed by atoms with Gasteiger partial charge in [-0.3, -0.25) is 4.79 Å². The molecular formula is C9H18BNO3. The molecule has 1 saturated heterocycles. The Labute approximate surface area is 85.2 Å². The predicted octanol–water partition coefficient (Wildman–Crippen LogP) is 0.884. The second-order valence-corrected chi connectivity index (χ2v) is 3.70. The quantitative estimate of drug-likeness (QED) is 0.414. The third-order valence-electron chi connectivity index (χ3n) is 2.79. The zero-order valence-electron chi connectivity index (χ0n) is 8.86. The van der Waals surface area contributed by atoms with Gasteiger partial charge in [-0.25, -0.2) is 0 Å². The second kappa shape index (κ2) is 5.36. The van der Waals surface area contributed by atoms with Crippen molar-refractivity contribution in [2.24, 2.45) is 11.7 Å². The molecule has 5 heteroatoms. The van der Waals surface area contributed by atoms with Crippen LogP contribution in [0.2, 0.25) is 12.1 Å². The summed E-state index contributed by atoms with van der Waals surface area (Å²) in [5.41, 5.74) is 5.32. The van der Waals surface area contributed by atoms with Crippen LogP contribution in [0, 0.1) is 5.92 Å². The highest BCUT2D eigenvalue weighted by atomic mass is 16.5. The number of nitrogens with two attached hydrogens (primary N) is 1. The van der Waals surface area contributed by atoms with E-state index in [1.54, 1.807) is 0 Å². The number of hydrogen-bond acceptors (Lipinski definition) is 4. The lowest BCUT2D eigenvalue weighted by Crippen LogP contribution is -2.31. The van der Waals surface area contributed by atoms with Crippen molar-refractivity contribution in [1.29, 1.82) is 0 Å². The third-order valence-corrected chi connectivity index (χ3v) is 2.79. The van der Waals surface area contributed by atoms with Gasteiger partial charge in [0.2, 0.25) is 0 Å². The smallest absolute Gasteiger partial charge is 0.309 e. The van der Waals surface area contributed by atoms with Crippen molar-refractivity contribution in [2.75, 3.05) is 13.3 Å². The normalized spacial score (nSPS) is 26.6. The Morgan fingerprint density at radius 2 is 2.36 bits per heavy atom. The molecule has 80 valence electrons. The average molecular weight is 199 g/mol. The van der Waals surface area contributed by atoms with Crippen molar-refractivity contribution >= 4 is 12.9 Å². The van der Waals surface area contributed by atoms with Crippen LogP contribution < -0.4 is 5.73 Å². The highest BCUT2D eigenvalue weighted by molar-refractivity contribution is 6.59.